The molecule has 0 aromatic heterocycles. The van der Waals surface area contributed by atoms with Gasteiger partial charge in [-0.15, -0.1) is 0 Å². The van der Waals surface area contributed by atoms with Crippen LogP contribution >= 0.6 is 0 Å². The van der Waals surface area contributed by atoms with Gasteiger partial charge in [-0.3, -0.25) is 20.3 Å². The molecule has 8 nitrogen and oxygen atoms in total. The number of hydrogen-bond donors (Lipinski definition) is 1. The van der Waals surface area contributed by atoms with Crippen LogP contribution in [0.1, 0.15) is 27.7 Å². The highest BCUT2D eigenvalue weighted by Crippen LogP contribution is 2.29. The minimum Gasteiger partial charge on any atom is -0.490 e. The van der Waals surface area contributed by atoms with Crippen molar-refractivity contribution in [3.8, 4) is 5.75 Å². The van der Waals surface area contributed by atoms with Crippen LogP contribution in [0.15, 0.2) is 18.2 Å². The summed E-state index contributed by atoms with van der Waals surface area (Å²) in [6, 6.07) is 4.72. The molecule has 0 fully saturated rings. The number of methoxy groups -OCH3 is 1. The Hall–Kier alpha value is -2.35. The number of nitro benzene ring substituents is 1. The van der Waals surface area contributed by atoms with Crippen molar-refractivity contribution >= 4 is 17.5 Å². The van der Waals surface area contributed by atoms with Crippen molar-refractivity contribution in [2.75, 3.05) is 25.6 Å². The van der Waals surface area contributed by atoms with Gasteiger partial charge in [0.2, 0.25) is 0 Å². The topological polar surface area (TPSA) is 93.9 Å². The molecule has 0 aliphatic carbocycles. The van der Waals surface area contributed by atoms with Gasteiger partial charge in [0.25, 0.3) is 5.69 Å². The van der Waals surface area contributed by atoms with Gasteiger partial charge in [-0.2, -0.15) is 0 Å². The van der Waals surface area contributed by atoms with E-state index in [9.17, 15) is 14.9 Å². The first kappa shape index (κ1) is 19.7. The fraction of sp³-hybridized carbons (Fsp3) is 0.562. The van der Waals surface area contributed by atoms with Gasteiger partial charge in [0, 0.05) is 24.7 Å². The molecule has 134 valence electrons. The van der Waals surface area contributed by atoms with Crippen molar-refractivity contribution in [1.82, 2.24) is 4.90 Å². The lowest BCUT2D eigenvalue weighted by Gasteiger charge is -2.30. The largest absolute Gasteiger partial charge is 0.490 e. The number of rotatable bonds is 8. The standard InChI is InChI=1S/C16H25N3O5/c1-11(2)18(12(3)4)8-9-24-15-10-13(19(21)22)6-7-14(15)17-16(20)23-5/h6-7,10-12H,8-9H2,1-5H3,(H,17,20). The molecule has 0 saturated carbocycles. The van der Waals surface area contributed by atoms with E-state index in [2.05, 4.69) is 42.6 Å². The number of nitrogens with one attached hydrogen (secondary N) is 1. The summed E-state index contributed by atoms with van der Waals surface area (Å²) in [6.07, 6.45) is -0.667. The molecule has 1 N–H and O–H groups in total. The van der Waals surface area contributed by atoms with Gasteiger partial charge in [0.15, 0.2) is 0 Å². The second kappa shape index (κ2) is 9.07. The minimum atomic E-state index is -0.667. The number of carbonyl (C=O) groups excluding carboxylic acids is 1. The number of nitro groups is 1. The summed E-state index contributed by atoms with van der Waals surface area (Å²) in [5.74, 6) is 0.238. The van der Waals surface area contributed by atoms with Crippen molar-refractivity contribution in [2.24, 2.45) is 0 Å². The second-order valence-electron chi connectivity index (χ2n) is 5.83. The Morgan fingerprint density at radius 2 is 1.92 bits per heavy atom. The Morgan fingerprint density at radius 3 is 2.42 bits per heavy atom. The van der Waals surface area contributed by atoms with Gasteiger partial charge >= 0.3 is 6.09 Å². The molecule has 8 heteroatoms. The van der Waals surface area contributed by atoms with Crippen molar-refractivity contribution in [3.63, 3.8) is 0 Å². The number of hydrogen-bond acceptors (Lipinski definition) is 6. The van der Waals surface area contributed by atoms with E-state index in [4.69, 9.17) is 4.74 Å². The first-order valence-corrected chi connectivity index (χ1v) is 7.78. The Bertz CT molecular complexity index is 567. The predicted molar refractivity (Wildman–Crippen MR) is 91.6 cm³/mol. The molecule has 24 heavy (non-hydrogen) atoms. The third-order valence-corrected chi connectivity index (χ3v) is 3.53. The van der Waals surface area contributed by atoms with Gasteiger partial charge in [-0.25, -0.2) is 4.79 Å². The molecule has 0 aliphatic rings. The first-order valence-electron chi connectivity index (χ1n) is 7.78. The van der Waals surface area contributed by atoms with E-state index in [0.717, 1.165) is 0 Å². The summed E-state index contributed by atoms with van der Waals surface area (Å²) < 4.78 is 10.2. The summed E-state index contributed by atoms with van der Waals surface area (Å²) in [7, 11) is 1.24. The smallest absolute Gasteiger partial charge is 0.411 e. The van der Waals surface area contributed by atoms with Crippen LogP contribution in [0, 0.1) is 10.1 Å². The van der Waals surface area contributed by atoms with Gasteiger partial charge in [0.1, 0.15) is 12.4 Å². The highest BCUT2D eigenvalue weighted by atomic mass is 16.6. The molecular formula is C16H25N3O5. The lowest BCUT2D eigenvalue weighted by Crippen LogP contribution is -2.39. The fourth-order valence-corrected chi connectivity index (χ4v) is 2.38. The zero-order chi connectivity index (χ0) is 18.3. The molecule has 1 rings (SSSR count). The number of ether oxygens (including phenoxy) is 2. The third-order valence-electron chi connectivity index (χ3n) is 3.53. The van der Waals surface area contributed by atoms with E-state index in [1.165, 1.54) is 25.3 Å². The molecule has 1 aromatic carbocycles. The van der Waals surface area contributed by atoms with Crippen molar-refractivity contribution in [1.29, 1.82) is 0 Å². The number of nitrogens with zero attached hydrogens (tertiary/aromatic N) is 2. The van der Waals surface area contributed by atoms with E-state index < -0.39 is 11.0 Å². The van der Waals surface area contributed by atoms with Gasteiger partial charge in [0.05, 0.1) is 23.8 Å². The van der Waals surface area contributed by atoms with E-state index in [-0.39, 0.29) is 11.4 Å². The van der Waals surface area contributed by atoms with E-state index in [1.807, 2.05) is 0 Å². The molecule has 0 spiro atoms. The molecule has 0 unspecified atom stereocenters. The summed E-state index contributed by atoms with van der Waals surface area (Å²) in [5, 5.41) is 13.4. The highest BCUT2D eigenvalue weighted by molar-refractivity contribution is 5.87. The van der Waals surface area contributed by atoms with E-state index in [0.29, 0.717) is 30.9 Å². The molecule has 1 aromatic rings. The van der Waals surface area contributed by atoms with Gasteiger partial charge in [-0.1, -0.05) is 0 Å². The summed E-state index contributed by atoms with van der Waals surface area (Å²) >= 11 is 0. The lowest BCUT2D eigenvalue weighted by molar-refractivity contribution is -0.384. The van der Waals surface area contributed by atoms with Crippen molar-refractivity contribution < 1.29 is 19.2 Å². The summed E-state index contributed by atoms with van der Waals surface area (Å²) in [5.41, 5.74) is 0.220. The average Bonchev–Trinajstić information content (AvgIpc) is 2.51. The molecule has 0 heterocycles. The molecule has 0 atom stereocenters. The van der Waals surface area contributed by atoms with Gasteiger partial charge < -0.3 is 9.47 Å². The number of anilines is 1. The first-order chi connectivity index (χ1) is 11.3. The molecule has 0 radical (unpaired) electrons. The summed E-state index contributed by atoms with van der Waals surface area (Å²) in [4.78, 5) is 24.0. The van der Waals surface area contributed by atoms with Crippen LogP contribution in [-0.2, 0) is 4.74 Å². The zero-order valence-corrected chi connectivity index (χ0v) is 14.7. The number of carbonyl (C=O) groups is 1. The third kappa shape index (κ3) is 5.69. The Labute approximate surface area is 141 Å². The summed E-state index contributed by atoms with van der Waals surface area (Å²) in [6.45, 7) is 9.38. The van der Waals surface area contributed by atoms with Crippen LogP contribution < -0.4 is 10.1 Å². The van der Waals surface area contributed by atoms with Crippen molar-refractivity contribution in [3.05, 3.63) is 28.3 Å². The maximum atomic E-state index is 11.4. The maximum Gasteiger partial charge on any atom is 0.411 e. The van der Waals surface area contributed by atoms with Crippen LogP contribution in [0.5, 0.6) is 5.75 Å². The normalized spacial score (nSPS) is 11.0. The van der Waals surface area contributed by atoms with E-state index >= 15 is 0 Å². The maximum absolute atomic E-state index is 11.4. The quantitative estimate of drug-likeness (QED) is 0.577. The molecule has 0 aliphatic heterocycles. The Balaban J connectivity index is 2.88. The molecule has 1 amide bonds. The van der Waals surface area contributed by atoms with Crippen LogP contribution in [0.2, 0.25) is 0 Å². The predicted octanol–water partition coefficient (Wildman–Crippen LogP) is 3.27. The minimum absolute atomic E-state index is 0.106. The highest BCUT2D eigenvalue weighted by Gasteiger charge is 2.16. The SMILES string of the molecule is COC(=O)Nc1ccc([N+](=O)[O-])cc1OCCN(C(C)C)C(C)C. The molecule has 0 bridgehead atoms. The Morgan fingerprint density at radius 1 is 1.29 bits per heavy atom. The van der Waals surface area contributed by atoms with Crippen LogP contribution in [0.25, 0.3) is 0 Å². The lowest BCUT2D eigenvalue weighted by atomic mass is 10.2. The van der Waals surface area contributed by atoms with Crippen LogP contribution in [0.3, 0.4) is 0 Å². The van der Waals surface area contributed by atoms with Crippen molar-refractivity contribution in [2.45, 2.75) is 39.8 Å². The monoisotopic (exact) mass is 339 g/mol. The number of amides is 1. The average molecular weight is 339 g/mol. The number of non-ortho nitro benzene ring substituents is 1. The Kier molecular flexibility index (Phi) is 7.44. The van der Waals surface area contributed by atoms with E-state index in [1.54, 1.807) is 0 Å². The van der Waals surface area contributed by atoms with Crippen LogP contribution in [-0.4, -0.2) is 48.3 Å². The fourth-order valence-electron chi connectivity index (χ4n) is 2.38. The molecular weight excluding hydrogens is 314 g/mol. The second-order valence-corrected chi connectivity index (χ2v) is 5.83. The van der Waals surface area contributed by atoms with Crippen LogP contribution in [0.4, 0.5) is 16.2 Å². The molecule has 0 saturated heterocycles. The van der Waals surface area contributed by atoms with Gasteiger partial charge in [-0.05, 0) is 33.8 Å². The zero-order valence-electron chi connectivity index (χ0n) is 14.7. The number of benzene rings is 1.